The lowest BCUT2D eigenvalue weighted by Crippen LogP contribution is -2.40. The van der Waals surface area contributed by atoms with Gasteiger partial charge in [0.15, 0.2) is 0 Å². The smallest absolute Gasteiger partial charge is 0.305 e. The number of thiophene rings is 1. The van der Waals surface area contributed by atoms with Gasteiger partial charge in [0.2, 0.25) is 5.91 Å². The number of carbonyl (C=O) groups excluding carboxylic acids is 1. The van der Waals surface area contributed by atoms with E-state index in [9.17, 15) is 19.5 Å². The first-order valence-corrected chi connectivity index (χ1v) is 11.9. The molecule has 2 N–H and O–H groups in total. The third-order valence-corrected chi connectivity index (χ3v) is 6.55. The van der Waals surface area contributed by atoms with Crippen molar-refractivity contribution in [1.82, 2.24) is 9.88 Å². The second-order valence-electron chi connectivity index (χ2n) is 8.81. The van der Waals surface area contributed by atoms with E-state index in [2.05, 4.69) is 5.32 Å². The lowest BCUT2D eigenvalue weighted by molar-refractivity contribution is -0.138. The van der Waals surface area contributed by atoms with Crippen LogP contribution in [0, 0.1) is 19.8 Å². The van der Waals surface area contributed by atoms with Gasteiger partial charge in [0.25, 0.3) is 5.56 Å². The number of nitrogens with zero attached hydrogens (tertiary/aromatic N) is 1. The predicted molar refractivity (Wildman–Crippen MR) is 132 cm³/mol. The molecule has 0 spiro atoms. The van der Waals surface area contributed by atoms with Crippen molar-refractivity contribution in [3.8, 4) is 10.4 Å². The third kappa shape index (κ3) is 6.20. The number of aryl methyl sites for hydroxylation is 2. The van der Waals surface area contributed by atoms with E-state index >= 15 is 0 Å². The Morgan fingerprint density at radius 3 is 2.48 bits per heavy atom. The van der Waals surface area contributed by atoms with Gasteiger partial charge < -0.3 is 15.0 Å². The zero-order valence-electron chi connectivity index (χ0n) is 19.4. The molecule has 1 aromatic carbocycles. The fourth-order valence-electron chi connectivity index (χ4n) is 3.86. The molecule has 0 aliphatic rings. The number of rotatable bonds is 9. The Kier molecular flexibility index (Phi) is 7.87. The summed E-state index contributed by atoms with van der Waals surface area (Å²) in [6, 6.07) is 11.8. The van der Waals surface area contributed by atoms with Crippen LogP contribution in [-0.2, 0) is 9.59 Å². The van der Waals surface area contributed by atoms with Crippen LogP contribution in [0.2, 0.25) is 0 Å². The first-order chi connectivity index (χ1) is 15.7. The van der Waals surface area contributed by atoms with Crippen LogP contribution >= 0.6 is 11.3 Å². The lowest BCUT2D eigenvalue weighted by Gasteiger charge is -2.24. The van der Waals surface area contributed by atoms with Gasteiger partial charge in [0.05, 0.1) is 12.5 Å². The molecule has 3 aromatic rings. The SMILES string of the molecule is Cc1ccn([C@H](CC(C)C)C(=O)N[C@@H](CC(=O)O)c2csc(-c3ccccc3C)c2)c(=O)c1. The number of carboxylic acid groups (broad SMARTS) is 1. The van der Waals surface area contributed by atoms with Crippen molar-refractivity contribution < 1.29 is 14.7 Å². The van der Waals surface area contributed by atoms with Crippen molar-refractivity contribution in [2.75, 3.05) is 0 Å². The molecule has 6 nitrogen and oxygen atoms in total. The molecule has 174 valence electrons. The molecule has 7 heteroatoms. The van der Waals surface area contributed by atoms with Gasteiger partial charge in [-0.15, -0.1) is 11.3 Å². The van der Waals surface area contributed by atoms with Gasteiger partial charge in [-0.05, 0) is 66.0 Å². The van der Waals surface area contributed by atoms with E-state index in [0.717, 1.165) is 27.1 Å². The molecule has 2 heterocycles. The molecule has 2 aromatic heterocycles. The third-order valence-electron chi connectivity index (χ3n) is 5.56. The first-order valence-electron chi connectivity index (χ1n) is 11.0. The maximum atomic E-state index is 13.4. The summed E-state index contributed by atoms with van der Waals surface area (Å²) in [5.74, 6) is -1.19. The molecule has 0 unspecified atom stereocenters. The average Bonchev–Trinajstić information content (AvgIpc) is 3.22. The van der Waals surface area contributed by atoms with Gasteiger partial charge >= 0.3 is 5.97 Å². The molecule has 0 aliphatic carbocycles. The van der Waals surface area contributed by atoms with Gasteiger partial charge in [-0.3, -0.25) is 14.4 Å². The number of amides is 1. The van der Waals surface area contributed by atoms with Gasteiger partial charge in [0, 0.05) is 17.1 Å². The summed E-state index contributed by atoms with van der Waals surface area (Å²) >= 11 is 1.52. The Balaban J connectivity index is 1.91. The Morgan fingerprint density at radius 1 is 1.12 bits per heavy atom. The van der Waals surface area contributed by atoms with Crippen molar-refractivity contribution >= 4 is 23.2 Å². The highest BCUT2D eigenvalue weighted by atomic mass is 32.1. The zero-order chi connectivity index (χ0) is 24.1. The van der Waals surface area contributed by atoms with Crippen LogP contribution in [0.5, 0.6) is 0 Å². The zero-order valence-corrected chi connectivity index (χ0v) is 20.2. The molecule has 0 fully saturated rings. The van der Waals surface area contributed by atoms with Crippen LogP contribution in [0.3, 0.4) is 0 Å². The van der Waals surface area contributed by atoms with Crippen molar-refractivity contribution in [1.29, 1.82) is 0 Å². The van der Waals surface area contributed by atoms with E-state index in [0.29, 0.717) is 6.42 Å². The minimum atomic E-state index is -1.00. The van der Waals surface area contributed by atoms with Crippen molar-refractivity contribution in [3.63, 3.8) is 0 Å². The molecule has 0 saturated carbocycles. The number of pyridine rings is 1. The predicted octanol–water partition coefficient (Wildman–Crippen LogP) is 5.11. The number of aromatic nitrogens is 1. The van der Waals surface area contributed by atoms with E-state index < -0.39 is 18.1 Å². The highest BCUT2D eigenvalue weighted by Gasteiger charge is 2.27. The Morgan fingerprint density at radius 2 is 1.85 bits per heavy atom. The Labute approximate surface area is 197 Å². The van der Waals surface area contributed by atoms with Crippen LogP contribution in [0.1, 0.15) is 55.5 Å². The highest BCUT2D eigenvalue weighted by Crippen LogP contribution is 2.33. The van der Waals surface area contributed by atoms with E-state index in [-0.39, 0.29) is 23.8 Å². The van der Waals surface area contributed by atoms with Crippen molar-refractivity contribution in [2.45, 2.75) is 52.6 Å². The number of benzene rings is 1. The normalized spacial score (nSPS) is 13.0. The van der Waals surface area contributed by atoms with Gasteiger partial charge in [-0.1, -0.05) is 38.1 Å². The second kappa shape index (κ2) is 10.6. The van der Waals surface area contributed by atoms with Crippen LogP contribution in [0.25, 0.3) is 10.4 Å². The minimum absolute atomic E-state index is 0.167. The van der Waals surface area contributed by atoms with E-state index in [4.69, 9.17) is 0 Å². The van der Waals surface area contributed by atoms with Crippen molar-refractivity contribution in [2.24, 2.45) is 5.92 Å². The maximum absolute atomic E-state index is 13.4. The second-order valence-corrected chi connectivity index (χ2v) is 9.72. The molecular formula is C26H30N2O4S. The summed E-state index contributed by atoms with van der Waals surface area (Å²) in [5.41, 5.74) is 3.53. The number of carbonyl (C=O) groups is 2. The van der Waals surface area contributed by atoms with E-state index in [1.807, 2.05) is 63.4 Å². The van der Waals surface area contributed by atoms with E-state index in [1.165, 1.54) is 22.0 Å². The molecule has 1 amide bonds. The number of aliphatic carboxylic acids is 1. The summed E-state index contributed by atoms with van der Waals surface area (Å²) in [6.07, 6.45) is 1.86. The fraction of sp³-hybridized carbons (Fsp3) is 0.346. The fourth-order valence-corrected chi connectivity index (χ4v) is 4.91. The maximum Gasteiger partial charge on any atom is 0.305 e. The molecular weight excluding hydrogens is 436 g/mol. The average molecular weight is 467 g/mol. The number of nitrogens with one attached hydrogen (secondary N) is 1. The molecule has 0 radical (unpaired) electrons. The van der Waals surface area contributed by atoms with Crippen LogP contribution in [0.15, 0.2) is 58.8 Å². The lowest BCUT2D eigenvalue weighted by atomic mass is 10.00. The quantitative estimate of drug-likeness (QED) is 0.458. The topological polar surface area (TPSA) is 88.4 Å². The van der Waals surface area contributed by atoms with Crippen LogP contribution in [-0.4, -0.2) is 21.6 Å². The monoisotopic (exact) mass is 466 g/mol. The highest BCUT2D eigenvalue weighted by molar-refractivity contribution is 7.13. The first kappa shape index (κ1) is 24.5. The molecule has 2 atom stereocenters. The van der Waals surface area contributed by atoms with Crippen LogP contribution in [0.4, 0.5) is 0 Å². The van der Waals surface area contributed by atoms with Gasteiger partial charge in [-0.2, -0.15) is 0 Å². The molecule has 0 bridgehead atoms. The molecule has 33 heavy (non-hydrogen) atoms. The molecule has 0 saturated heterocycles. The summed E-state index contributed by atoms with van der Waals surface area (Å²) in [4.78, 5) is 38.6. The minimum Gasteiger partial charge on any atom is -0.481 e. The number of carboxylic acids is 1. The van der Waals surface area contributed by atoms with Crippen molar-refractivity contribution in [3.05, 3.63) is 81.1 Å². The summed E-state index contributed by atoms with van der Waals surface area (Å²) in [6.45, 7) is 7.83. The van der Waals surface area contributed by atoms with Gasteiger partial charge in [0.1, 0.15) is 6.04 Å². The largest absolute Gasteiger partial charge is 0.481 e. The Bertz CT molecular complexity index is 1190. The molecule has 3 rings (SSSR count). The molecule has 0 aliphatic heterocycles. The summed E-state index contributed by atoms with van der Waals surface area (Å²) in [5, 5.41) is 14.3. The summed E-state index contributed by atoms with van der Waals surface area (Å²) < 4.78 is 1.44. The Hall–Kier alpha value is -3.19. The van der Waals surface area contributed by atoms with E-state index in [1.54, 1.807) is 12.3 Å². The van der Waals surface area contributed by atoms with Crippen LogP contribution < -0.4 is 10.9 Å². The number of hydrogen-bond acceptors (Lipinski definition) is 4. The van der Waals surface area contributed by atoms with Gasteiger partial charge in [-0.25, -0.2) is 0 Å². The number of hydrogen-bond donors (Lipinski definition) is 2. The standard InChI is InChI=1S/C26H30N2O4S/c1-16(2)11-22(28-10-9-17(3)12-24(28)29)26(32)27-21(14-25(30)31)19-13-23(33-15-19)20-8-6-5-7-18(20)4/h5-10,12-13,15-16,21-22H,11,14H2,1-4H3,(H,27,32)(H,30,31)/t21-,22+/m0/s1. The summed E-state index contributed by atoms with van der Waals surface area (Å²) in [7, 11) is 0.